The van der Waals surface area contributed by atoms with Crippen LogP contribution in [0.25, 0.3) is 11.3 Å². The summed E-state index contributed by atoms with van der Waals surface area (Å²) in [6.45, 7) is 3.64. The molecule has 6 rings (SSSR count). The number of anilines is 4. The van der Waals surface area contributed by atoms with Crippen molar-refractivity contribution in [1.82, 2.24) is 4.90 Å². The second kappa shape index (κ2) is 13.6. The van der Waals surface area contributed by atoms with E-state index in [1.807, 2.05) is 30.3 Å². The van der Waals surface area contributed by atoms with Gasteiger partial charge in [-0.25, -0.2) is 16.8 Å². The highest BCUT2D eigenvalue weighted by atomic mass is 32.2. The Morgan fingerprint density at radius 3 is 2.17 bits per heavy atom. The maximum atomic E-state index is 13.5. The molecule has 0 unspecified atom stereocenters. The van der Waals surface area contributed by atoms with E-state index in [0.29, 0.717) is 65.9 Å². The fourth-order valence-corrected chi connectivity index (χ4v) is 7.57. The van der Waals surface area contributed by atoms with E-state index < -0.39 is 20.0 Å². The van der Waals surface area contributed by atoms with Crippen molar-refractivity contribution in [3.63, 3.8) is 0 Å². The Balaban J connectivity index is 1.33. The summed E-state index contributed by atoms with van der Waals surface area (Å²) >= 11 is 0. The molecule has 4 aromatic carbocycles. The monoisotopic (exact) mass is 673 g/mol. The van der Waals surface area contributed by atoms with Gasteiger partial charge in [0.1, 0.15) is 0 Å². The molecule has 11 nitrogen and oxygen atoms in total. The number of carbonyl (C=O) groups excluding carboxylic acids is 1. The molecule has 244 valence electrons. The Kier molecular flexibility index (Phi) is 9.32. The molecular weight excluding hydrogens is 639 g/mol. The van der Waals surface area contributed by atoms with Crippen molar-refractivity contribution in [2.45, 2.75) is 4.90 Å². The van der Waals surface area contributed by atoms with Gasteiger partial charge in [0.15, 0.2) is 0 Å². The number of hydrogen-bond acceptors (Lipinski definition) is 8. The highest BCUT2D eigenvalue weighted by molar-refractivity contribution is 7.92. The fraction of sp³-hybridized carbons (Fsp3) is 0.206. The van der Waals surface area contributed by atoms with Crippen LogP contribution in [0.5, 0.6) is 0 Å². The number of nitrogens with one attached hydrogen (secondary N) is 3. The molecule has 13 heteroatoms. The summed E-state index contributed by atoms with van der Waals surface area (Å²) in [5.74, 6) is -0.389. The molecule has 1 amide bonds. The summed E-state index contributed by atoms with van der Waals surface area (Å²) in [7, 11) is -7.51. The van der Waals surface area contributed by atoms with Crippen LogP contribution in [0.3, 0.4) is 0 Å². The van der Waals surface area contributed by atoms with Crippen molar-refractivity contribution in [3.05, 3.63) is 114 Å². The van der Waals surface area contributed by atoms with Crippen molar-refractivity contribution >= 4 is 60.0 Å². The minimum absolute atomic E-state index is 0.00353. The third kappa shape index (κ3) is 7.49. The number of para-hydroxylation sites is 1. The molecule has 2 aliphatic rings. The van der Waals surface area contributed by atoms with Gasteiger partial charge in [0.05, 0.1) is 41.3 Å². The van der Waals surface area contributed by atoms with Crippen LogP contribution in [0.2, 0.25) is 0 Å². The van der Waals surface area contributed by atoms with E-state index in [2.05, 4.69) is 20.3 Å². The number of hydrogen-bond donors (Lipinski definition) is 3. The van der Waals surface area contributed by atoms with Gasteiger partial charge >= 0.3 is 0 Å². The SMILES string of the molecule is CS(=O)(=O)N(CCN1CCOCC1)c1ccc(NC(=C2C(=O)Nc3ccc(S(=O)(=O)Nc4ccccc4)cc32)c2ccccc2)cc1. The molecule has 2 aliphatic heterocycles. The number of benzene rings is 4. The van der Waals surface area contributed by atoms with E-state index in [0.717, 1.165) is 13.1 Å². The van der Waals surface area contributed by atoms with E-state index in [9.17, 15) is 21.6 Å². The van der Waals surface area contributed by atoms with Crippen molar-refractivity contribution in [2.24, 2.45) is 0 Å². The van der Waals surface area contributed by atoms with Crippen LogP contribution < -0.4 is 19.7 Å². The number of rotatable bonds is 11. The van der Waals surface area contributed by atoms with Crippen LogP contribution in [-0.2, 0) is 29.6 Å². The summed E-state index contributed by atoms with van der Waals surface area (Å²) in [6, 6.07) is 29.3. The smallest absolute Gasteiger partial charge is 0.261 e. The molecule has 1 fully saturated rings. The quantitative estimate of drug-likeness (QED) is 0.198. The largest absolute Gasteiger partial charge is 0.379 e. The topological polar surface area (TPSA) is 137 Å². The van der Waals surface area contributed by atoms with Crippen LogP contribution in [0.4, 0.5) is 22.7 Å². The molecule has 0 aromatic heterocycles. The number of nitrogens with zero attached hydrogens (tertiary/aromatic N) is 2. The zero-order valence-corrected chi connectivity index (χ0v) is 27.4. The number of ether oxygens (including phenoxy) is 1. The Bertz CT molecular complexity index is 2000. The van der Waals surface area contributed by atoms with Crippen molar-refractivity contribution in [1.29, 1.82) is 0 Å². The second-order valence-corrected chi connectivity index (χ2v) is 14.8. The minimum Gasteiger partial charge on any atom is -0.379 e. The number of sulfonamides is 2. The van der Waals surface area contributed by atoms with Crippen LogP contribution >= 0.6 is 0 Å². The summed E-state index contributed by atoms with van der Waals surface area (Å²) in [5.41, 5.74) is 3.90. The summed E-state index contributed by atoms with van der Waals surface area (Å²) in [4.78, 5) is 15.7. The first-order valence-electron chi connectivity index (χ1n) is 15.1. The lowest BCUT2D eigenvalue weighted by Crippen LogP contribution is -2.43. The van der Waals surface area contributed by atoms with E-state index in [4.69, 9.17) is 4.74 Å². The normalized spacial score (nSPS) is 16.2. The first kappa shape index (κ1) is 32.3. The third-order valence-electron chi connectivity index (χ3n) is 7.93. The van der Waals surface area contributed by atoms with Gasteiger partial charge in [-0.05, 0) is 60.2 Å². The molecule has 0 saturated carbocycles. The highest BCUT2D eigenvalue weighted by Gasteiger charge is 2.30. The van der Waals surface area contributed by atoms with E-state index >= 15 is 0 Å². The van der Waals surface area contributed by atoms with Crippen LogP contribution in [0.1, 0.15) is 11.1 Å². The second-order valence-electron chi connectivity index (χ2n) is 11.2. The predicted molar refractivity (Wildman–Crippen MR) is 185 cm³/mol. The average molecular weight is 674 g/mol. The molecule has 1 saturated heterocycles. The molecule has 0 radical (unpaired) electrons. The van der Waals surface area contributed by atoms with Gasteiger partial charge in [0.2, 0.25) is 10.0 Å². The molecule has 0 bridgehead atoms. The van der Waals surface area contributed by atoms with E-state index in [1.165, 1.54) is 22.7 Å². The minimum atomic E-state index is -3.96. The Labute approximate surface area is 275 Å². The van der Waals surface area contributed by atoms with Crippen molar-refractivity contribution < 1.29 is 26.4 Å². The number of amides is 1. The summed E-state index contributed by atoms with van der Waals surface area (Å²) in [6.07, 6.45) is 1.19. The number of morpholine rings is 1. The lowest BCUT2D eigenvalue weighted by atomic mass is 10.00. The first-order valence-corrected chi connectivity index (χ1v) is 18.4. The van der Waals surface area contributed by atoms with Gasteiger partial charge < -0.3 is 15.4 Å². The standard InChI is InChI=1S/C34H35N5O6S2/c1-46(41,42)39(19-18-38-20-22-45-23-21-38)28-14-12-26(13-15-28)35-33(25-8-4-2-5-9-25)32-30-24-29(16-17-31(30)36-34(32)40)47(43,44)37-27-10-6-3-7-11-27/h2-17,24,35,37H,18-23H2,1H3,(H,36,40). The van der Waals surface area contributed by atoms with Crippen LogP contribution in [0.15, 0.2) is 108 Å². The van der Waals surface area contributed by atoms with Gasteiger partial charge in [0.25, 0.3) is 15.9 Å². The van der Waals surface area contributed by atoms with Gasteiger partial charge in [-0.15, -0.1) is 0 Å². The lowest BCUT2D eigenvalue weighted by molar-refractivity contribution is -0.110. The average Bonchev–Trinajstić information content (AvgIpc) is 3.39. The first-order chi connectivity index (χ1) is 22.6. The predicted octanol–water partition coefficient (Wildman–Crippen LogP) is 4.52. The molecule has 4 aromatic rings. The summed E-state index contributed by atoms with van der Waals surface area (Å²) < 4.78 is 61.5. The van der Waals surface area contributed by atoms with Crippen LogP contribution in [0, 0.1) is 0 Å². The molecule has 3 N–H and O–H groups in total. The molecule has 2 heterocycles. The highest BCUT2D eigenvalue weighted by Crippen LogP contribution is 2.39. The van der Waals surface area contributed by atoms with Crippen molar-refractivity contribution in [3.8, 4) is 0 Å². The van der Waals surface area contributed by atoms with Crippen LogP contribution in [-0.4, -0.2) is 73.3 Å². The van der Waals surface area contributed by atoms with Gasteiger partial charge in [-0.2, -0.15) is 0 Å². The Morgan fingerprint density at radius 2 is 1.51 bits per heavy atom. The molecule has 0 aliphatic carbocycles. The van der Waals surface area contributed by atoms with E-state index in [1.54, 1.807) is 60.7 Å². The maximum absolute atomic E-state index is 13.5. The molecule has 0 spiro atoms. The van der Waals surface area contributed by atoms with Gasteiger partial charge in [0, 0.05) is 48.8 Å². The molecule has 47 heavy (non-hydrogen) atoms. The lowest BCUT2D eigenvalue weighted by Gasteiger charge is -2.30. The molecular formula is C34H35N5O6S2. The van der Waals surface area contributed by atoms with Crippen molar-refractivity contribution in [2.75, 3.05) is 65.3 Å². The van der Waals surface area contributed by atoms with Gasteiger partial charge in [-0.1, -0.05) is 48.5 Å². The zero-order valence-electron chi connectivity index (χ0n) is 25.7. The molecule has 0 atom stereocenters. The third-order valence-corrected chi connectivity index (χ3v) is 10.5. The Hall–Kier alpha value is -4.69. The number of carbonyl (C=O) groups is 1. The number of fused-ring (bicyclic) bond motifs is 1. The van der Waals surface area contributed by atoms with Gasteiger partial charge in [-0.3, -0.25) is 18.7 Å². The van der Waals surface area contributed by atoms with E-state index in [-0.39, 0.29) is 16.4 Å². The summed E-state index contributed by atoms with van der Waals surface area (Å²) in [5, 5.41) is 6.22. The maximum Gasteiger partial charge on any atom is 0.261 e. The zero-order chi connectivity index (χ0) is 33.0. The fourth-order valence-electron chi connectivity index (χ4n) is 5.56. The Morgan fingerprint density at radius 1 is 0.851 bits per heavy atom.